The number of methoxy groups -OCH3 is 1. The third kappa shape index (κ3) is 5.78. The number of hydrogen-bond donors (Lipinski definition) is 2. The molecule has 2 N–H and O–H groups in total. The van der Waals surface area contributed by atoms with E-state index in [4.69, 9.17) is 16.3 Å². The molecule has 30 heavy (non-hydrogen) atoms. The molecule has 0 heterocycles. The minimum atomic E-state index is -0.318. The lowest BCUT2D eigenvalue weighted by atomic mass is 10.2. The highest BCUT2D eigenvalue weighted by atomic mass is 35.5. The van der Waals surface area contributed by atoms with Gasteiger partial charge in [0.2, 0.25) is 5.91 Å². The molecule has 0 spiro atoms. The maximum absolute atomic E-state index is 12.5. The van der Waals surface area contributed by atoms with Crippen LogP contribution in [0.25, 0.3) is 0 Å². The van der Waals surface area contributed by atoms with Crippen molar-refractivity contribution in [2.24, 2.45) is 0 Å². The molecule has 0 aliphatic rings. The summed E-state index contributed by atoms with van der Waals surface area (Å²) in [6, 6.07) is 21.4. The first kappa shape index (κ1) is 21.7. The second kappa shape index (κ2) is 10.2. The van der Waals surface area contributed by atoms with Crippen LogP contribution in [0.15, 0.2) is 77.7 Å². The Morgan fingerprint density at radius 1 is 0.967 bits per heavy atom. The lowest BCUT2D eigenvalue weighted by Gasteiger charge is -2.14. The third-order valence-electron chi connectivity index (χ3n) is 4.25. The molecule has 0 saturated heterocycles. The second-order valence-corrected chi connectivity index (χ2v) is 8.29. The van der Waals surface area contributed by atoms with Gasteiger partial charge in [0.1, 0.15) is 5.75 Å². The fourth-order valence-electron chi connectivity index (χ4n) is 2.69. The summed E-state index contributed by atoms with van der Waals surface area (Å²) < 4.78 is 5.26. The number of carbonyl (C=O) groups excluding carboxylic acids is 2. The molecule has 0 saturated carbocycles. The Morgan fingerprint density at radius 3 is 2.40 bits per heavy atom. The van der Waals surface area contributed by atoms with Crippen molar-refractivity contribution in [1.82, 2.24) is 0 Å². The molecule has 0 fully saturated rings. The van der Waals surface area contributed by atoms with Crippen LogP contribution in [-0.2, 0) is 4.79 Å². The molecular formula is C23H21ClN2O3S. The van der Waals surface area contributed by atoms with Crippen molar-refractivity contribution in [1.29, 1.82) is 0 Å². The van der Waals surface area contributed by atoms with Gasteiger partial charge in [0.05, 0.1) is 18.0 Å². The van der Waals surface area contributed by atoms with Crippen molar-refractivity contribution in [2.45, 2.75) is 17.1 Å². The highest BCUT2D eigenvalue weighted by Gasteiger charge is 2.16. The van der Waals surface area contributed by atoms with Crippen molar-refractivity contribution in [2.75, 3.05) is 17.7 Å². The van der Waals surface area contributed by atoms with Gasteiger partial charge in [-0.05, 0) is 61.5 Å². The minimum Gasteiger partial charge on any atom is -0.495 e. The van der Waals surface area contributed by atoms with E-state index in [1.165, 1.54) is 11.8 Å². The molecule has 0 aromatic heterocycles. The molecule has 154 valence electrons. The van der Waals surface area contributed by atoms with Crippen molar-refractivity contribution in [3.8, 4) is 5.75 Å². The van der Waals surface area contributed by atoms with Gasteiger partial charge in [-0.3, -0.25) is 9.59 Å². The SMILES string of the molecule is COc1ccccc1NC(=O)C(C)Sc1ccc(NC(=O)c2cccc(Cl)c2)cc1. The van der Waals surface area contributed by atoms with E-state index in [0.717, 1.165) is 4.90 Å². The fourth-order valence-corrected chi connectivity index (χ4v) is 3.75. The molecule has 0 radical (unpaired) electrons. The topological polar surface area (TPSA) is 67.4 Å². The van der Waals surface area contributed by atoms with Crippen LogP contribution in [0, 0.1) is 0 Å². The van der Waals surface area contributed by atoms with E-state index in [-0.39, 0.29) is 17.1 Å². The van der Waals surface area contributed by atoms with Gasteiger partial charge < -0.3 is 15.4 Å². The number of carbonyl (C=O) groups is 2. The molecule has 0 bridgehead atoms. The molecule has 3 aromatic rings. The van der Waals surface area contributed by atoms with Crippen LogP contribution in [0.1, 0.15) is 17.3 Å². The summed E-state index contributed by atoms with van der Waals surface area (Å²) in [7, 11) is 1.57. The van der Waals surface area contributed by atoms with E-state index in [1.54, 1.807) is 55.6 Å². The predicted molar refractivity (Wildman–Crippen MR) is 123 cm³/mol. The summed E-state index contributed by atoms with van der Waals surface area (Å²) in [6.07, 6.45) is 0. The number of halogens is 1. The van der Waals surface area contributed by atoms with Gasteiger partial charge in [-0.2, -0.15) is 0 Å². The van der Waals surface area contributed by atoms with E-state index in [0.29, 0.717) is 27.7 Å². The van der Waals surface area contributed by atoms with Crippen LogP contribution in [0.4, 0.5) is 11.4 Å². The number of hydrogen-bond acceptors (Lipinski definition) is 4. The van der Waals surface area contributed by atoms with Gasteiger partial charge in [0.25, 0.3) is 5.91 Å². The Balaban J connectivity index is 1.58. The largest absolute Gasteiger partial charge is 0.495 e. The third-order valence-corrected chi connectivity index (χ3v) is 5.59. The number of rotatable bonds is 7. The molecule has 3 rings (SSSR count). The van der Waals surface area contributed by atoms with Crippen LogP contribution in [0.5, 0.6) is 5.75 Å². The Hall–Kier alpha value is -2.96. The number of thioether (sulfide) groups is 1. The smallest absolute Gasteiger partial charge is 0.255 e. The standard InChI is InChI=1S/C23H21ClN2O3S/c1-15(22(27)26-20-8-3-4-9-21(20)29-2)30-19-12-10-18(11-13-19)25-23(28)16-6-5-7-17(24)14-16/h3-15H,1-2H3,(H,25,28)(H,26,27). The van der Waals surface area contributed by atoms with Gasteiger partial charge >= 0.3 is 0 Å². The highest BCUT2D eigenvalue weighted by molar-refractivity contribution is 8.00. The molecule has 1 unspecified atom stereocenters. The van der Waals surface area contributed by atoms with Crippen molar-refractivity contribution >= 4 is 46.6 Å². The number of nitrogens with one attached hydrogen (secondary N) is 2. The maximum Gasteiger partial charge on any atom is 0.255 e. The van der Waals surface area contributed by atoms with Gasteiger partial charge in [-0.25, -0.2) is 0 Å². The van der Waals surface area contributed by atoms with E-state index >= 15 is 0 Å². The molecule has 0 aliphatic heterocycles. The Morgan fingerprint density at radius 2 is 1.70 bits per heavy atom. The normalized spacial score (nSPS) is 11.4. The predicted octanol–water partition coefficient (Wildman–Crippen LogP) is 5.72. The van der Waals surface area contributed by atoms with Crippen LogP contribution < -0.4 is 15.4 Å². The van der Waals surface area contributed by atoms with Crippen LogP contribution in [-0.4, -0.2) is 24.2 Å². The van der Waals surface area contributed by atoms with Gasteiger partial charge in [0.15, 0.2) is 0 Å². The van der Waals surface area contributed by atoms with Crippen molar-refractivity contribution in [3.05, 3.63) is 83.4 Å². The number of anilines is 2. The van der Waals surface area contributed by atoms with E-state index in [2.05, 4.69) is 10.6 Å². The first-order valence-electron chi connectivity index (χ1n) is 9.24. The van der Waals surface area contributed by atoms with Crippen LogP contribution >= 0.6 is 23.4 Å². The number of ether oxygens (including phenoxy) is 1. The summed E-state index contributed by atoms with van der Waals surface area (Å²) in [5.41, 5.74) is 1.79. The quantitative estimate of drug-likeness (QED) is 0.461. The molecule has 7 heteroatoms. The second-order valence-electron chi connectivity index (χ2n) is 6.44. The van der Waals surface area contributed by atoms with E-state index in [9.17, 15) is 9.59 Å². The fraction of sp³-hybridized carbons (Fsp3) is 0.130. The van der Waals surface area contributed by atoms with Crippen LogP contribution in [0.3, 0.4) is 0 Å². The average Bonchev–Trinajstić information content (AvgIpc) is 2.75. The summed E-state index contributed by atoms with van der Waals surface area (Å²) in [5, 5.41) is 5.91. The molecule has 0 aliphatic carbocycles. The summed E-state index contributed by atoms with van der Waals surface area (Å²) in [5.74, 6) is 0.258. The monoisotopic (exact) mass is 440 g/mol. The van der Waals surface area contributed by atoms with E-state index < -0.39 is 0 Å². The molecule has 2 amide bonds. The average molecular weight is 441 g/mol. The van der Waals surface area contributed by atoms with Crippen molar-refractivity contribution < 1.29 is 14.3 Å². The Bertz CT molecular complexity index is 1040. The molecule has 3 aromatic carbocycles. The molecule has 1 atom stereocenters. The Kier molecular flexibility index (Phi) is 7.38. The summed E-state index contributed by atoms with van der Waals surface area (Å²) in [4.78, 5) is 25.7. The highest BCUT2D eigenvalue weighted by Crippen LogP contribution is 2.28. The summed E-state index contributed by atoms with van der Waals surface area (Å²) >= 11 is 7.36. The zero-order valence-corrected chi connectivity index (χ0v) is 18.1. The van der Waals surface area contributed by atoms with E-state index in [1.807, 2.05) is 31.2 Å². The number of para-hydroxylation sites is 2. The Labute approximate surface area is 184 Å². The van der Waals surface area contributed by atoms with Crippen molar-refractivity contribution in [3.63, 3.8) is 0 Å². The molecular weight excluding hydrogens is 420 g/mol. The zero-order chi connectivity index (χ0) is 21.5. The summed E-state index contributed by atoms with van der Waals surface area (Å²) in [6.45, 7) is 1.84. The minimum absolute atomic E-state index is 0.122. The first-order valence-corrected chi connectivity index (χ1v) is 10.5. The zero-order valence-electron chi connectivity index (χ0n) is 16.5. The van der Waals surface area contributed by atoms with Gasteiger partial charge in [-0.15, -0.1) is 11.8 Å². The van der Waals surface area contributed by atoms with Gasteiger partial charge in [-0.1, -0.05) is 29.8 Å². The number of amides is 2. The first-order chi connectivity index (χ1) is 14.5. The lowest BCUT2D eigenvalue weighted by Crippen LogP contribution is -2.22. The molecule has 5 nitrogen and oxygen atoms in total. The number of benzene rings is 3. The van der Waals surface area contributed by atoms with Crippen LogP contribution in [0.2, 0.25) is 5.02 Å². The maximum atomic E-state index is 12.5. The van der Waals surface area contributed by atoms with Gasteiger partial charge in [0, 0.05) is 21.2 Å². The lowest BCUT2D eigenvalue weighted by molar-refractivity contribution is -0.115.